The van der Waals surface area contributed by atoms with Crippen LogP contribution in [-0.4, -0.2) is 18.2 Å². The topological polar surface area (TPSA) is 52.6 Å². The number of aryl methyl sites for hydroxylation is 1. The molecule has 0 aromatic heterocycles. The van der Waals surface area contributed by atoms with E-state index in [-0.39, 0.29) is 0 Å². The Morgan fingerprint density at radius 2 is 1.80 bits per heavy atom. The molecule has 0 saturated carbocycles. The van der Waals surface area contributed by atoms with Crippen molar-refractivity contribution in [1.29, 1.82) is 0 Å². The first-order valence-corrected chi connectivity index (χ1v) is 4.53. The molecule has 4 nitrogen and oxygen atoms in total. The Bertz CT molecular complexity index is 358. The second-order valence-electron chi connectivity index (χ2n) is 2.80. The van der Waals surface area contributed by atoms with Gasteiger partial charge in [-0.05, 0) is 19.1 Å². The first kappa shape index (κ1) is 11.5. The van der Waals surface area contributed by atoms with Crippen LogP contribution in [0.2, 0.25) is 0 Å². The van der Waals surface area contributed by atoms with Gasteiger partial charge in [0.15, 0.2) is 0 Å². The van der Waals surface area contributed by atoms with E-state index < -0.39 is 18.2 Å². The Labute approximate surface area is 91.7 Å². The molecular formula is C10H9ClO4. The average Bonchev–Trinajstić information content (AvgIpc) is 2.18. The minimum atomic E-state index is -1.01. The smallest absolute Gasteiger partial charge is 0.406 e. The fourth-order valence-electron chi connectivity index (χ4n) is 0.902. The van der Waals surface area contributed by atoms with E-state index in [9.17, 15) is 9.59 Å². The third-order valence-electron chi connectivity index (χ3n) is 1.65. The number of benzene rings is 1. The molecule has 1 aromatic carbocycles. The molecule has 0 bridgehead atoms. The molecule has 1 rings (SSSR count). The van der Waals surface area contributed by atoms with Crippen molar-refractivity contribution in [1.82, 2.24) is 0 Å². The molecule has 0 fully saturated rings. The Balaban J connectivity index is 2.47. The highest BCUT2D eigenvalue weighted by atomic mass is 35.5. The molecule has 0 aliphatic heterocycles. The van der Waals surface area contributed by atoms with Crippen LogP contribution in [0.1, 0.15) is 15.9 Å². The zero-order valence-corrected chi connectivity index (χ0v) is 8.78. The number of hydrogen-bond acceptors (Lipinski definition) is 4. The number of esters is 1. The summed E-state index contributed by atoms with van der Waals surface area (Å²) in [5.41, 5.74) is 0.427. The van der Waals surface area contributed by atoms with Gasteiger partial charge in [-0.3, -0.25) is 0 Å². The van der Waals surface area contributed by atoms with Crippen LogP contribution >= 0.6 is 11.6 Å². The van der Waals surface area contributed by atoms with E-state index in [1.807, 2.05) is 6.92 Å². The molecular weight excluding hydrogens is 220 g/mol. The number of halogens is 1. The van der Waals surface area contributed by atoms with Gasteiger partial charge in [-0.1, -0.05) is 17.7 Å². The maximum atomic E-state index is 11.3. The van der Waals surface area contributed by atoms with E-state index in [2.05, 4.69) is 9.47 Å². The lowest BCUT2D eigenvalue weighted by molar-refractivity contribution is 0.00372. The quantitative estimate of drug-likeness (QED) is 0.453. The minimum absolute atomic E-state index is 0.395. The van der Waals surface area contributed by atoms with Crippen molar-refractivity contribution in [3.8, 4) is 0 Å². The molecule has 0 atom stereocenters. The van der Waals surface area contributed by atoms with Gasteiger partial charge in [0, 0.05) is 11.6 Å². The fourth-order valence-corrected chi connectivity index (χ4v) is 0.947. The number of carbonyl (C=O) groups excluding carboxylic acids is 2. The van der Waals surface area contributed by atoms with Gasteiger partial charge in [0.05, 0.1) is 5.56 Å². The van der Waals surface area contributed by atoms with Gasteiger partial charge in [-0.2, -0.15) is 0 Å². The monoisotopic (exact) mass is 228 g/mol. The molecule has 0 amide bonds. The van der Waals surface area contributed by atoms with Crippen LogP contribution in [-0.2, 0) is 9.47 Å². The molecule has 0 N–H and O–H groups in total. The maximum Gasteiger partial charge on any atom is 0.406 e. The fraction of sp³-hybridized carbons (Fsp3) is 0.200. The van der Waals surface area contributed by atoms with Crippen molar-refractivity contribution in [2.45, 2.75) is 6.92 Å². The van der Waals surface area contributed by atoms with Gasteiger partial charge < -0.3 is 9.47 Å². The summed E-state index contributed by atoms with van der Waals surface area (Å²) in [6.07, 6.45) is 0. The number of rotatable bonds is 3. The molecule has 80 valence electrons. The second-order valence-corrected chi connectivity index (χ2v) is 3.11. The Morgan fingerprint density at radius 1 is 1.20 bits per heavy atom. The summed E-state index contributed by atoms with van der Waals surface area (Å²) in [5, 5.41) is 0. The highest BCUT2D eigenvalue weighted by Gasteiger charge is 2.06. The predicted molar refractivity (Wildman–Crippen MR) is 53.8 cm³/mol. The van der Waals surface area contributed by atoms with E-state index in [1.54, 1.807) is 24.3 Å². The number of hydrogen-bond donors (Lipinski definition) is 0. The largest absolute Gasteiger partial charge is 0.424 e. The highest BCUT2D eigenvalue weighted by Crippen LogP contribution is 2.04. The van der Waals surface area contributed by atoms with E-state index in [0.717, 1.165) is 5.56 Å². The van der Waals surface area contributed by atoms with Crippen LogP contribution in [0.4, 0.5) is 4.79 Å². The minimum Gasteiger partial charge on any atom is -0.424 e. The summed E-state index contributed by atoms with van der Waals surface area (Å²) < 4.78 is 8.85. The summed E-state index contributed by atoms with van der Waals surface area (Å²) in [6, 6.07) is 6.81. The van der Waals surface area contributed by atoms with Crippen molar-refractivity contribution in [2.24, 2.45) is 0 Å². The highest BCUT2D eigenvalue weighted by molar-refractivity contribution is 6.61. The number of carbonyl (C=O) groups is 2. The van der Waals surface area contributed by atoms with E-state index >= 15 is 0 Å². The van der Waals surface area contributed by atoms with Crippen molar-refractivity contribution in [2.75, 3.05) is 6.79 Å². The third-order valence-corrected chi connectivity index (χ3v) is 1.76. The van der Waals surface area contributed by atoms with Crippen LogP contribution in [0.25, 0.3) is 0 Å². The Morgan fingerprint density at radius 3 is 2.33 bits per heavy atom. The number of ether oxygens (including phenoxy) is 2. The molecule has 5 heteroatoms. The van der Waals surface area contributed by atoms with E-state index in [1.165, 1.54) is 0 Å². The van der Waals surface area contributed by atoms with Crippen LogP contribution in [0, 0.1) is 6.92 Å². The summed E-state index contributed by atoms with van der Waals surface area (Å²) in [7, 11) is 0. The molecule has 0 heterocycles. The van der Waals surface area contributed by atoms with Gasteiger partial charge in [0.1, 0.15) is 0 Å². The van der Waals surface area contributed by atoms with Crippen LogP contribution in [0.5, 0.6) is 0 Å². The summed E-state index contributed by atoms with van der Waals surface area (Å²) in [6.45, 7) is 1.43. The zero-order chi connectivity index (χ0) is 11.3. The molecule has 0 radical (unpaired) electrons. The molecule has 0 aliphatic rings. The lowest BCUT2D eigenvalue weighted by Crippen LogP contribution is -2.09. The van der Waals surface area contributed by atoms with Crippen molar-refractivity contribution in [3.05, 3.63) is 35.4 Å². The Kier molecular flexibility index (Phi) is 4.12. The first-order chi connectivity index (χ1) is 7.09. The maximum absolute atomic E-state index is 11.3. The normalized spacial score (nSPS) is 9.47. The molecule has 15 heavy (non-hydrogen) atoms. The van der Waals surface area contributed by atoms with Crippen molar-refractivity contribution in [3.63, 3.8) is 0 Å². The van der Waals surface area contributed by atoms with E-state index in [4.69, 9.17) is 11.6 Å². The predicted octanol–water partition coefficient (Wildman–Crippen LogP) is 2.48. The summed E-state index contributed by atoms with van der Waals surface area (Å²) in [4.78, 5) is 21.4. The van der Waals surface area contributed by atoms with Crippen LogP contribution in [0.3, 0.4) is 0 Å². The van der Waals surface area contributed by atoms with Crippen LogP contribution < -0.4 is 0 Å². The van der Waals surface area contributed by atoms with Gasteiger partial charge in [0.2, 0.25) is 6.79 Å². The Hall–Kier alpha value is -1.55. The van der Waals surface area contributed by atoms with E-state index in [0.29, 0.717) is 5.56 Å². The summed E-state index contributed by atoms with van der Waals surface area (Å²) in [5.74, 6) is -0.562. The summed E-state index contributed by atoms with van der Waals surface area (Å²) >= 11 is 4.88. The van der Waals surface area contributed by atoms with Gasteiger partial charge >= 0.3 is 11.4 Å². The molecule has 1 aromatic rings. The second kappa shape index (κ2) is 5.36. The van der Waals surface area contributed by atoms with Gasteiger partial charge in [0.25, 0.3) is 0 Å². The molecule has 0 spiro atoms. The van der Waals surface area contributed by atoms with Crippen molar-refractivity contribution >= 4 is 23.0 Å². The lowest BCUT2D eigenvalue weighted by atomic mass is 10.2. The van der Waals surface area contributed by atoms with Gasteiger partial charge in [-0.25, -0.2) is 9.59 Å². The SMILES string of the molecule is Cc1ccc(C(=O)OCOC(=O)Cl)cc1. The average molecular weight is 229 g/mol. The third kappa shape index (κ3) is 3.99. The van der Waals surface area contributed by atoms with Crippen LogP contribution in [0.15, 0.2) is 24.3 Å². The zero-order valence-electron chi connectivity index (χ0n) is 8.03. The lowest BCUT2D eigenvalue weighted by Gasteiger charge is -2.03. The van der Waals surface area contributed by atoms with Crippen molar-refractivity contribution < 1.29 is 19.1 Å². The standard InChI is InChI=1S/C10H9ClO4/c1-7-2-4-8(5-3-7)9(12)14-6-15-10(11)13/h2-5H,6H2,1H3. The van der Waals surface area contributed by atoms with Gasteiger partial charge in [-0.15, -0.1) is 0 Å². The molecule has 0 unspecified atom stereocenters. The first-order valence-electron chi connectivity index (χ1n) is 4.15. The molecule has 0 aliphatic carbocycles. The molecule has 0 saturated heterocycles.